The zero-order valence-electron chi connectivity index (χ0n) is 13.2. The van der Waals surface area contributed by atoms with Crippen LogP contribution in [0.5, 0.6) is 0 Å². The van der Waals surface area contributed by atoms with Crippen LogP contribution in [0.2, 0.25) is 0 Å². The molecule has 1 aromatic rings. The van der Waals surface area contributed by atoms with E-state index < -0.39 is 5.60 Å². The predicted octanol–water partition coefficient (Wildman–Crippen LogP) is 1.93. The molecule has 118 valence electrons. The lowest BCUT2D eigenvalue weighted by Gasteiger charge is -2.24. The number of hydrogen-bond acceptors (Lipinski definition) is 5. The summed E-state index contributed by atoms with van der Waals surface area (Å²) in [6.07, 6.45) is 3.15. The number of aromatic nitrogens is 1. The third-order valence-electron chi connectivity index (χ3n) is 3.43. The molecule has 1 aliphatic rings. The van der Waals surface area contributed by atoms with Crippen molar-refractivity contribution in [1.29, 1.82) is 5.26 Å². The fourth-order valence-electron chi connectivity index (χ4n) is 2.37. The minimum atomic E-state index is -0.527. The highest BCUT2D eigenvalue weighted by molar-refractivity contribution is 5.68. The molecule has 2 atom stereocenters. The first-order valence-electron chi connectivity index (χ1n) is 7.39. The van der Waals surface area contributed by atoms with E-state index in [-0.39, 0.29) is 18.1 Å². The van der Waals surface area contributed by atoms with Gasteiger partial charge in [0.2, 0.25) is 0 Å². The van der Waals surface area contributed by atoms with Crippen LogP contribution < -0.4 is 5.32 Å². The molecule has 0 spiro atoms. The SMILES string of the molecule is CC(C)(C)OC(=O)N1C[C@H](NCc2cccnc2)[C@@H](C#N)C1. The molecule has 1 saturated heterocycles. The van der Waals surface area contributed by atoms with Gasteiger partial charge in [-0.15, -0.1) is 0 Å². The van der Waals surface area contributed by atoms with Crippen LogP contribution in [0.1, 0.15) is 26.3 Å². The first kappa shape index (κ1) is 16.2. The molecule has 1 amide bonds. The van der Waals surface area contributed by atoms with Gasteiger partial charge in [0.1, 0.15) is 5.60 Å². The van der Waals surface area contributed by atoms with E-state index in [0.29, 0.717) is 19.6 Å². The number of carbonyl (C=O) groups excluding carboxylic acids is 1. The Morgan fingerprint density at radius 3 is 2.91 bits per heavy atom. The van der Waals surface area contributed by atoms with Crippen molar-refractivity contribution in [2.45, 2.75) is 39.0 Å². The van der Waals surface area contributed by atoms with Gasteiger partial charge in [-0.1, -0.05) is 6.07 Å². The summed E-state index contributed by atoms with van der Waals surface area (Å²) in [5, 5.41) is 12.6. The molecular formula is C16H22N4O2. The molecule has 0 saturated carbocycles. The molecule has 0 aliphatic carbocycles. The zero-order chi connectivity index (χ0) is 16.2. The van der Waals surface area contributed by atoms with E-state index in [1.165, 1.54) is 0 Å². The van der Waals surface area contributed by atoms with Crippen molar-refractivity contribution >= 4 is 6.09 Å². The average Bonchev–Trinajstić information content (AvgIpc) is 2.88. The van der Waals surface area contributed by atoms with Crippen LogP contribution in [-0.2, 0) is 11.3 Å². The zero-order valence-corrected chi connectivity index (χ0v) is 13.2. The van der Waals surface area contributed by atoms with E-state index in [4.69, 9.17) is 4.74 Å². The number of nitrogens with zero attached hydrogens (tertiary/aromatic N) is 3. The van der Waals surface area contributed by atoms with Crippen LogP contribution in [0.15, 0.2) is 24.5 Å². The van der Waals surface area contributed by atoms with Gasteiger partial charge in [-0.05, 0) is 32.4 Å². The van der Waals surface area contributed by atoms with Crippen molar-refractivity contribution in [3.05, 3.63) is 30.1 Å². The topological polar surface area (TPSA) is 78.2 Å². The van der Waals surface area contributed by atoms with Gasteiger partial charge in [-0.2, -0.15) is 5.26 Å². The lowest BCUT2D eigenvalue weighted by Crippen LogP contribution is -2.38. The quantitative estimate of drug-likeness (QED) is 0.923. The van der Waals surface area contributed by atoms with Gasteiger partial charge in [0.15, 0.2) is 0 Å². The Morgan fingerprint density at radius 2 is 2.32 bits per heavy atom. The Bertz CT molecular complexity index is 548. The first-order chi connectivity index (χ1) is 10.4. The van der Waals surface area contributed by atoms with Crippen molar-refractivity contribution < 1.29 is 9.53 Å². The third-order valence-corrected chi connectivity index (χ3v) is 3.43. The van der Waals surface area contributed by atoms with Crippen molar-refractivity contribution in [3.8, 4) is 6.07 Å². The molecule has 6 heteroatoms. The maximum Gasteiger partial charge on any atom is 0.410 e. The van der Waals surface area contributed by atoms with Crippen LogP contribution in [0.3, 0.4) is 0 Å². The van der Waals surface area contributed by atoms with Crippen LogP contribution >= 0.6 is 0 Å². The van der Waals surface area contributed by atoms with E-state index in [1.807, 2.05) is 32.9 Å². The lowest BCUT2D eigenvalue weighted by atomic mass is 10.1. The lowest BCUT2D eigenvalue weighted by molar-refractivity contribution is 0.0288. The Hall–Kier alpha value is -2.13. The maximum atomic E-state index is 12.1. The summed E-state index contributed by atoms with van der Waals surface area (Å²) >= 11 is 0. The molecule has 2 heterocycles. The van der Waals surface area contributed by atoms with Crippen molar-refractivity contribution in [2.75, 3.05) is 13.1 Å². The summed E-state index contributed by atoms with van der Waals surface area (Å²) in [5.41, 5.74) is 0.524. The number of pyridine rings is 1. The number of ether oxygens (including phenoxy) is 1. The van der Waals surface area contributed by atoms with E-state index in [0.717, 1.165) is 5.56 Å². The number of carbonyl (C=O) groups is 1. The molecular weight excluding hydrogens is 280 g/mol. The van der Waals surface area contributed by atoms with Gasteiger partial charge in [-0.3, -0.25) is 4.98 Å². The number of nitrogens with one attached hydrogen (secondary N) is 1. The highest BCUT2D eigenvalue weighted by Crippen LogP contribution is 2.20. The molecule has 6 nitrogen and oxygen atoms in total. The predicted molar refractivity (Wildman–Crippen MR) is 81.8 cm³/mol. The molecule has 2 rings (SSSR count). The highest BCUT2D eigenvalue weighted by Gasteiger charge is 2.36. The Morgan fingerprint density at radius 1 is 1.55 bits per heavy atom. The highest BCUT2D eigenvalue weighted by atomic mass is 16.6. The summed E-state index contributed by atoms with van der Waals surface area (Å²) in [5.74, 6) is -0.232. The first-order valence-corrected chi connectivity index (χ1v) is 7.39. The Labute approximate surface area is 131 Å². The van der Waals surface area contributed by atoms with Crippen molar-refractivity contribution in [2.24, 2.45) is 5.92 Å². The van der Waals surface area contributed by atoms with E-state index in [1.54, 1.807) is 17.3 Å². The molecule has 1 aromatic heterocycles. The Balaban J connectivity index is 1.92. The van der Waals surface area contributed by atoms with E-state index in [9.17, 15) is 10.1 Å². The summed E-state index contributed by atoms with van der Waals surface area (Å²) in [7, 11) is 0. The molecule has 0 radical (unpaired) electrons. The van der Waals surface area contributed by atoms with Gasteiger partial charge in [0, 0.05) is 38.1 Å². The largest absolute Gasteiger partial charge is 0.444 e. The standard InChI is InChI=1S/C16H22N4O2/c1-16(2,3)22-15(21)20-10-13(7-17)14(11-20)19-9-12-5-4-6-18-8-12/h4-6,8,13-14,19H,9-11H2,1-3H3/t13-,14-/m0/s1. The van der Waals surface area contributed by atoms with Crippen LogP contribution in [0.4, 0.5) is 4.79 Å². The molecule has 1 N–H and O–H groups in total. The van der Waals surface area contributed by atoms with Crippen LogP contribution in [0.25, 0.3) is 0 Å². The third kappa shape index (κ3) is 4.43. The van der Waals surface area contributed by atoms with Gasteiger partial charge in [0.25, 0.3) is 0 Å². The molecule has 1 fully saturated rings. The number of likely N-dealkylation sites (tertiary alicyclic amines) is 1. The Kier molecular flexibility index (Phi) is 4.99. The molecule has 0 unspecified atom stereocenters. The van der Waals surface area contributed by atoms with Crippen molar-refractivity contribution in [1.82, 2.24) is 15.2 Å². The monoisotopic (exact) mass is 302 g/mol. The minimum Gasteiger partial charge on any atom is -0.444 e. The number of hydrogen-bond donors (Lipinski definition) is 1. The smallest absolute Gasteiger partial charge is 0.410 e. The van der Waals surface area contributed by atoms with Crippen molar-refractivity contribution in [3.63, 3.8) is 0 Å². The van der Waals surface area contributed by atoms with E-state index >= 15 is 0 Å². The number of amides is 1. The maximum absolute atomic E-state index is 12.1. The van der Waals surface area contributed by atoms with Crippen LogP contribution in [-0.4, -0.2) is 40.7 Å². The van der Waals surface area contributed by atoms with Gasteiger partial charge >= 0.3 is 6.09 Å². The fraction of sp³-hybridized carbons (Fsp3) is 0.562. The second-order valence-corrected chi connectivity index (χ2v) is 6.47. The number of nitriles is 1. The fourth-order valence-corrected chi connectivity index (χ4v) is 2.37. The normalized spacial score (nSPS) is 21.5. The summed E-state index contributed by atoms with van der Waals surface area (Å²) in [6, 6.07) is 6.06. The summed E-state index contributed by atoms with van der Waals surface area (Å²) < 4.78 is 5.37. The summed E-state index contributed by atoms with van der Waals surface area (Å²) in [6.45, 7) is 7.00. The van der Waals surface area contributed by atoms with Gasteiger partial charge in [-0.25, -0.2) is 4.79 Å². The number of rotatable bonds is 3. The molecule has 22 heavy (non-hydrogen) atoms. The molecule has 0 aromatic carbocycles. The average molecular weight is 302 g/mol. The minimum absolute atomic E-state index is 0.0577. The van der Waals surface area contributed by atoms with Gasteiger partial charge in [0.05, 0.1) is 12.0 Å². The van der Waals surface area contributed by atoms with Gasteiger partial charge < -0.3 is 15.0 Å². The second kappa shape index (κ2) is 6.75. The summed E-state index contributed by atoms with van der Waals surface area (Å²) in [4.78, 5) is 17.8. The molecule has 1 aliphatic heterocycles. The molecule has 0 bridgehead atoms. The van der Waals surface area contributed by atoms with E-state index in [2.05, 4.69) is 16.4 Å². The van der Waals surface area contributed by atoms with Crippen LogP contribution in [0, 0.1) is 17.2 Å². The second-order valence-electron chi connectivity index (χ2n) is 6.47.